The van der Waals surface area contributed by atoms with Gasteiger partial charge in [0.05, 0.1) is 11.6 Å². The molecule has 0 heterocycles. The molecular weight excluding hydrogens is 393 g/mol. The molecule has 0 N–H and O–H groups in total. The molecule has 0 aliphatic rings. The molecule has 3 aromatic rings. The van der Waals surface area contributed by atoms with E-state index in [2.05, 4.69) is 22.0 Å². The largest absolute Gasteiger partial charge is 0.489 e. The highest BCUT2D eigenvalue weighted by molar-refractivity contribution is 9.10. The van der Waals surface area contributed by atoms with Crippen LogP contribution in [0, 0.1) is 17.1 Å². The monoisotopic (exact) mass is 407 g/mol. The van der Waals surface area contributed by atoms with Gasteiger partial charge in [0.1, 0.15) is 18.2 Å². The molecule has 4 heteroatoms. The summed E-state index contributed by atoms with van der Waals surface area (Å²) in [5, 5.41) is 9.34. The molecule has 3 rings (SSSR count). The van der Waals surface area contributed by atoms with Crippen LogP contribution in [-0.4, -0.2) is 0 Å². The van der Waals surface area contributed by atoms with Crippen molar-refractivity contribution in [3.05, 3.63) is 99.8 Å². The van der Waals surface area contributed by atoms with E-state index in [0.29, 0.717) is 12.2 Å². The highest BCUT2D eigenvalue weighted by Crippen LogP contribution is 2.22. The second-order valence-electron chi connectivity index (χ2n) is 5.63. The number of allylic oxidation sites excluding steroid dienone is 1. The maximum Gasteiger partial charge on any atom is 0.131 e. The van der Waals surface area contributed by atoms with E-state index < -0.39 is 5.82 Å². The topological polar surface area (TPSA) is 33.0 Å². The number of nitrogens with zero attached hydrogens (tertiary/aromatic N) is 1. The van der Waals surface area contributed by atoms with Crippen LogP contribution in [0.4, 0.5) is 4.39 Å². The Hall–Kier alpha value is -2.90. The molecule has 128 valence electrons. The summed E-state index contributed by atoms with van der Waals surface area (Å²) < 4.78 is 20.7. The van der Waals surface area contributed by atoms with Crippen LogP contribution in [0.25, 0.3) is 11.6 Å². The first-order valence-electron chi connectivity index (χ1n) is 8.00. The number of halogens is 2. The first kappa shape index (κ1) is 17.9. The Bertz CT molecular complexity index is 957. The van der Waals surface area contributed by atoms with Crippen molar-refractivity contribution in [3.8, 4) is 11.8 Å². The Labute approximate surface area is 160 Å². The van der Waals surface area contributed by atoms with Crippen LogP contribution in [0.5, 0.6) is 5.75 Å². The van der Waals surface area contributed by atoms with E-state index in [4.69, 9.17) is 4.74 Å². The molecule has 0 radical (unpaired) electrons. The average molecular weight is 408 g/mol. The molecule has 26 heavy (non-hydrogen) atoms. The van der Waals surface area contributed by atoms with Gasteiger partial charge in [-0.25, -0.2) is 4.39 Å². The van der Waals surface area contributed by atoms with Crippen LogP contribution in [0.3, 0.4) is 0 Å². The fraction of sp³-hybridized carbons (Fsp3) is 0.0455. The third-order valence-electron chi connectivity index (χ3n) is 3.79. The lowest BCUT2D eigenvalue weighted by Gasteiger charge is -2.07. The number of nitriles is 1. The predicted octanol–water partition coefficient (Wildman–Crippen LogP) is 6.23. The summed E-state index contributed by atoms with van der Waals surface area (Å²) in [7, 11) is 0. The lowest BCUT2D eigenvalue weighted by molar-refractivity contribution is 0.306. The molecule has 0 saturated heterocycles. The number of hydrogen-bond donors (Lipinski definition) is 0. The van der Waals surface area contributed by atoms with Crippen molar-refractivity contribution in [1.29, 1.82) is 5.26 Å². The van der Waals surface area contributed by atoms with Gasteiger partial charge in [-0.3, -0.25) is 0 Å². The van der Waals surface area contributed by atoms with Crippen LogP contribution >= 0.6 is 15.9 Å². The summed E-state index contributed by atoms with van der Waals surface area (Å²) in [5.74, 6) is 0.323. The molecule has 0 unspecified atom stereocenters. The molecule has 0 amide bonds. The normalized spacial score (nSPS) is 11.0. The van der Waals surface area contributed by atoms with E-state index in [0.717, 1.165) is 21.3 Å². The Morgan fingerprint density at radius 2 is 1.69 bits per heavy atom. The van der Waals surface area contributed by atoms with Crippen molar-refractivity contribution >= 4 is 27.6 Å². The van der Waals surface area contributed by atoms with E-state index in [1.54, 1.807) is 24.3 Å². The first-order valence-corrected chi connectivity index (χ1v) is 8.79. The van der Waals surface area contributed by atoms with E-state index in [9.17, 15) is 9.65 Å². The van der Waals surface area contributed by atoms with Gasteiger partial charge in [0, 0.05) is 10.0 Å². The van der Waals surface area contributed by atoms with Gasteiger partial charge < -0.3 is 4.74 Å². The minimum Gasteiger partial charge on any atom is -0.489 e. The maximum atomic E-state index is 13.9. The molecule has 0 aromatic heterocycles. The first-order chi connectivity index (χ1) is 12.7. The highest BCUT2D eigenvalue weighted by Gasteiger charge is 2.06. The predicted molar refractivity (Wildman–Crippen MR) is 105 cm³/mol. The quantitative estimate of drug-likeness (QED) is 0.370. The lowest BCUT2D eigenvalue weighted by atomic mass is 10.0. The molecule has 3 aromatic carbocycles. The zero-order valence-corrected chi connectivity index (χ0v) is 15.4. The minimum absolute atomic E-state index is 0.284. The Morgan fingerprint density at radius 1 is 1.00 bits per heavy atom. The van der Waals surface area contributed by atoms with E-state index >= 15 is 0 Å². The van der Waals surface area contributed by atoms with Crippen molar-refractivity contribution in [2.24, 2.45) is 0 Å². The van der Waals surface area contributed by atoms with Crippen molar-refractivity contribution in [3.63, 3.8) is 0 Å². The van der Waals surface area contributed by atoms with Crippen molar-refractivity contribution in [1.82, 2.24) is 0 Å². The van der Waals surface area contributed by atoms with Crippen LogP contribution in [-0.2, 0) is 6.61 Å². The highest BCUT2D eigenvalue weighted by atomic mass is 79.9. The Morgan fingerprint density at radius 3 is 2.35 bits per heavy atom. The molecular formula is C22H15BrFNO. The van der Waals surface area contributed by atoms with Gasteiger partial charge in [-0.1, -0.05) is 58.4 Å². The van der Waals surface area contributed by atoms with Crippen LogP contribution in [0.1, 0.15) is 16.7 Å². The number of hydrogen-bond acceptors (Lipinski definition) is 2. The Balaban J connectivity index is 1.71. The summed E-state index contributed by atoms with van der Waals surface area (Å²) in [4.78, 5) is 0. The number of rotatable bonds is 5. The van der Waals surface area contributed by atoms with Gasteiger partial charge >= 0.3 is 0 Å². The van der Waals surface area contributed by atoms with Crippen molar-refractivity contribution in [2.45, 2.75) is 6.61 Å². The zero-order chi connectivity index (χ0) is 18.4. The van der Waals surface area contributed by atoms with E-state index in [-0.39, 0.29) is 5.57 Å². The van der Waals surface area contributed by atoms with Crippen molar-refractivity contribution < 1.29 is 9.13 Å². The van der Waals surface area contributed by atoms with Gasteiger partial charge in [0.2, 0.25) is 0 Å². The zero-order valence-electron chi connectivity index (χ0n) is 13.8. The Kier molecular flexibility index (Phi) is 5.83. The third kappa shape index (κ3) is 4.59. The molecule has 0 aliphatic heterocycles. The summed E-state index contributed by atoms with van der Waals surface area (Å²) in [5.41, 5.74) is 2.46. The van der Waals surface area contributed by atoms with Crippen LogP contribution < -0.4 is 4.74 Å². The van der Waals surface area contributed by atoms with E-state index in [1.807, 2.05) is 48.5 Å². The van der Waals surface area contributed by atoms with Crippen LogP contribution in [0.15, 0.2) is 77.3 Å². The summed E-state index contributed by atoms with van der Waals surface area (Å²) >= 11 is 3.40. The summed E-state index contributed by atoms with van der Waals surface area (Å²) in [6.45, 7) is 0.473. The van der Waals surface area contributed by atoms with Crippen LogP contribution in [0.2, 0.25) is 0 Å². The second-order valence-corrected chi connectivity index (χ2v) is 6.55. The SMILES string of the molecule is N#CC(=Cc1ccc(OCc2ccc(Br)cc2)cc1)c1ccccc1F. The smallest absolute Gasteiger partial charge is 0.131 e. The van der Waals surface area contributed by atoms with Gasteiger partial charge in [0.15, 0.2) is 0 Å². The number of ether oxygens (including phenoxy) is 1. The number of benzene rings is 3. The van der Waals surface area contributed by atoms with Gasteiger partial charge in [-0.2, -0.15) is 5.26 Å². The third-order valence-corrected chi connectivity index (χ3v) is 4.32. The fourth-order valence-corrected chi connectivity index (χ4v) is 2.69. The van der Waals surface area contributed by atoms with Gasteiger partial charge in [-0.15, -0.1) is 0 Å². The molecule has 0 fully saturated rings. The second kappa shape index (κ2) is 8.46. The molecule has 2 nitrogen and oxygen atoms in total. The average Bonchev–Trinajstić information content (AvgIpc) is 2.67. The van der Waals surface area contributed by atoms with Gasteiger partial charge in [-0.05, 0) is 47.5 Å². The maximum absolute atomic E-state index is 13.9. The van der Waals surface area contributed by atoms with Gasteiger partial charge in [0.25, 0.3) is 0 Å². The standard InChI is InChI=1S/C22H15BrFNO/c23-19-9-5-17(6-10-19)15-26-20-11-7-16(8-12-20)13-18(14-25)21-3-1-2-4-22(21)24/h1-13H,15H2. The molecule has 0 bridgehead atoms. The molecule has 0 saturated carbocycles. The summed E-state index contributed by atoms with van der Waals surface area (Å²) in [6, 6.07) is 23.6. The molecule has 0 aliphatic carbocycles. The van der Waals surface area contributed by atoms with E-state index in [1.165, 1.54) is 6.07 Å². The molecule has 0 atom stereocenters. The lowest BCUT2D eigenvalue weighted by Crippen LogP contribution is -1.95. The fourth-order valence-electron chi connectivity index (χ4n) is 2.42. The summed E-state index contributed by atoms with van der Waals surface area (Å²) in [6.07, 6.45) is 1.66. The minimum atomic E-state index is -0.408. The van der Waals surface area contributed by atoms with Crippen molar-refractivity contribution in [2.75, 3.05) is 0 Å². The molecule has 0 spiro atoms.